The van der Waals surface area contributed by atoms with Gasteiger partial charge in [-0.05, 0) is 91.4 Å². The second-order valence-electron chi connectivity index (χ2n) is 9.23. The van der Waals surface area contributed by atoms with E-state index in [-0.39, 0.29) is 5.91 Å². The second kappa shape index (κ2) is 11.9. The van der Waals surface area contributed by atoms with Crippen molar-refractivity contribution in [3.8, 4) is 11.1 Å². The Morgan fingerprint density at radius 3 is 2.53 bits per heavy atom. The Hall–Kier alpha value is -2.98. The largest absolute Gasteiger partial charge is 0.322 e. The SMILES string of the molecule is CCCN[C@H]1CCc2c(CCCC(F)NC(=O)c3ccc(-c4ccccc4)cc3)cccc2C1. The lowest BCUT2D eigenvalue weighted by atomic mass is 9.84. The number of carbonyl (C=O) groups is 1. The number of fused-ring (bicyclic) bond motifs is 1. The quantitative estimate of drug-likeness (QED) is 0.352. The Morgan fingerprint density at radius 1 is 1.00 bits per heavy atom. The lowest BCUT2D eigenvalue weighted by Gasteiger charge is -2.27. The minimum Gasteiger partial charge on any atom is -0.322 e. The van der Waals surface area contributed by atoms with Crippen molar-refractivity contribution in [2.24, 2.45) is 0 Å². The van der Waals surface area contributed by atoms with Gasteiger partial charge in [0, 0.05) is 11.6 Å². The van der Waals surface area contributed by atoms with Crippen molar-refractivity contribution in [3.05, 3.63) is 95.1 Å². The number of aryl methyl sites for hydroxylation is 1. The van der Waals surface area contributed by atoms with Gasteiger partial charge in [0.15, 0.2) is 6.30 Å². The highest BCUT2D eigenvalue weighted by molar-refractivity contribution is 5.94. The van der Waals surface area contributed by atoms with Gasteiger partial charge in [0.2, 0.25) is 0 Å². The molecule has 3 aromatic rings. The summed E-state index contributed by atoms with van der Waals surface area (Å²) in [5.74, 6) is -0.366. The molecule has 4 heteroatoms. The van der Waals surface area contributed by atoms with Crippen molar-refractivity contribution >= 4 is 5.91 Å². The van der Waals surface area contributed by atoms with Gasteiger partial charge in [0.25, 0.3) is 5.91 Å². The maximum Gasteiger partial charge on any atom is 0.253 e. The minimum atomic E-state index is -1.34. The zero-order valence-corrected chi connectivity index (χ0v) is 20.0. The molecule has 4 rings (SSSR count). The van der Waals surface area contributed by atoms with Crippen LogP contribution in [0.4, 0.5) is 4.39 Å². The van der Waals surface area contributed by atoms with Crippen molar-refractivity contribution in [2.45, 2.75) is 64.2 Å². The van der Waals surface area contributed by atoms with Crippen LogP contribution in [-0.4, -0.2) is 24.8 Å². The van der Waals surface area contributed by atoms with Gasteiger partial charge in [-0.25, -0.2) is 4.39 Å². The van der Waals surface area contributed by atoms with Crippen LogP contribution in [0.3, 0.4) is 0 Å². The Labute approximate surface area is 202 Å². The predicted molar refractivity (Wildman–Crippen MR) is 138 cm³/mol. The van der Waals surface area contributed by atoms with Crippen LogP contribution in [0.2, 0.25) is 0 Å². The summed E-state index contributed by atoms with van der Waals surface area (Å²) < 4.78 is 14.6. The van der Waals surface area contributed by atoms with E-state index in [1.54, 1.807) is 12.1 Å². The third-order valence-corrected chi connectivity index (χ3v) is 6.71. The highest BCUT2D eigenvalue weighted by Crippen LogP contribution is 2.26. The van der Waals surface area contributed by atoms with Crippen LogP contribution in [0.1, 0.15) is 59.7 Å². The van der Waals surface area contributed by atoms with Crippen LogP contribution < -0.4 is 10.6 Å². The topological polar surface area (TPSA) is 41.1 Å². The maximum absolute atomic E-state index is 14.6. The van der Waals surface area contributed by atoms with E-state index in [4.69, 9.17) is 0 Å². The van der Waals surface area contributed by atoms with E-state index in [1.165, 1.54) is 16.7 Å². The van der Waals surface area contributed by atoms with Crippen LogP contribution in [0.25, 0.3) is 11.1 Å². The van der Waals surface area contributed by atoms with E-state index < -0.39 is 6.30 Å². The minimum absolute atomic E-state index is 0.318. The van der Waals surface area contributed by atoms with E-state index in [0.717, 1.165) is 49.8 Å². The van der Waals surface area contributed by atoms with Gasteiger partial charge in [-0.1, -0.05) is 67.6 Å². The van der Waals surface area contributed by atoms with Crippen LogP contribution in [0.5, 0.6) is 0 Å². The molecule has 178 valence electrons. The van der Waals surface area contributed by atoms with Crippen LogP contribution in [0.15, 0.2) is 72.8 Å². The fourth-order valence-electron chi connectivity index (χ4n) is 4.86. The molecule has 0 spiro atoms. The summed E-state index contributed by atoms with van der Waals surface area (Å²) in [6.07, 6.45) is 5.01. The number of alkyl halides is 1. The molecule has 3 nitrogen and oxygen atoms in total. The molecule has 0 heterocycles. The molecular weight excluding hydrogens is 423 g/mol. The lowest BCUT2D eigenvalue weighted by Crippen LogP contribution is -2.35. The molecule has 0 fully saturated rings. The first kappa shape index (κ1) is 24.2. The number of halogens is 1. The summed E-state index contributed by atoms with van der Waals surface area (Å²) in [4.78, 5) is 12.5. The van der Waals surface area contributed by atoms with Crippen LogP contribution >= 0.6 is 0 Å². The summed E-state index contributed by atoms with van der Waals surface area (Å²) >= 11 is 0. The van der Waals surface area contributed by atoms with Crippen molar-refractivity contribution < 1.29 is 9.18 Å². The summed E-state index contributed by atoms with van der Waals surface area (Å²) in [5.41, 5.74) is 6.82. The van der Waals surface area contributed by atoms with Crippen molar-refractivity contribution in [1.82, 2.24) is 10.6 Å². The molecule has 3 aromatic carbocycles. The molecule has 34 heavy (non-hydrogen) atoms. The third-order valence-electron chi connectivity index (χ3n) is 6.71. The van der Waals surface area contributed by atoms with Gasteiger partial charge in [0.05, 0.1) is 0 Å². The third kappa shape index (κ3) is 6.32. The Balaban J connectivity index is 1.26. The number of carbonyl (C=O) groups excluding carboxylic acids is 1. The molecule has 1 aliphatic carbocycles. The first-order chi connectivity index (χ1) is 16.6. The van der Waals surface area contributed by atoms with E-state index in [2.05, 4.69) is 35.8 Å². The summed E-state index contributed by atoms with van der Waals surface area (Å²) in [6.45, 7) is 3.27. The molecule has 2 atom stereocenters. The normalized spacial score (nSPS) is 16.0. The smallest absolute Gasteiger partial charge is 0.253 e. The number of hydrogen-bond acceptors (Lipinski definition) is 2. The second-order valence-corrected chi connectivity index (χ2v) is 9.23. The highest BCUT2D eigenvalue weighted by Gasteiger charge is 2.20. The van der Waals surface area contributed by atoms with Crippen LogP contribution in [-0.2, 0) is 19.3 Å². The Morgan fingerprint density at radius 2 is 1.76 bits per heavy atom. The van der Waals surface area contributed by atoms with E-state index in [9.17, 15) is 9.18 Å². The molecule has 0 aromatic heterocycles. The Kier molecular flexibility index (Phi) is 8.48. The van der Waals surface area contributed by atoms with Gasteiger partial charge in [-0.2, -0.15) is 0 Å². The van der Waals surface area contributed by atoms with Gasteiger partial charge in [0.1, 0.15) is 0 Å². The summed E-state index contributed by atoms with van der Waals surface area (Å²) in [6, 6.07) is 24.4. The highest BCUT2D eigenvalue weighted by atomic mass is 19.1. The first-order valence-electron chi connectivity index (χ1n) is 12.6. The molecule has 0 saturated heterocycles. The summed E-state index contributed by atoms with van der Waals surface area (Å²) in [7, 11) is 0. The number of rotatable bonds is 10. The zero-order valence-electron chi connectivity index (χ0n) is 20.0. The molecule has 0 aliphatic heterocycles. The van der Waals surface area contributed by atoms with Crippen molar-refractivity contribution in [2.75, 3.05) is 6.54 Å². The van der Waals surface area contributed by atoms with Gasteiger partial charge in [-0.3, -0.25) is 4.79 Å². The average Bonchev–Trinajstić information content (AvgIpc) is 2.88. The molecule has 1 unspecified atom stereocenters. The molecule has 1 aliphatic rings. The number of nitrogens with one attached hydrogen (secondary N) is 2. The number of hydrogen-bond donors (Lipinski definition) is 2. The number of benzene rings is 3. The Bertz CT molecular complexity index is 1060. The standard InChI is InChI=1S/C30H35FN2O/c1-2-20-32-27-18-19-28-24(10-6-12-26(28)21-27)11-7-13-29(31)33-30(34)25-16-14-23(15-17-25)22-8-4-3-5-9-22/h3-6,8-10,12,14-17,27,29,32H,2,7,11,13,18-21H2,1H3,(H,33,34)/t27-,29?/m0/s1. The molecule has 0 saturated carbocycles. The maximum atomic E-state index is 14.6. The van der Waals surface area contributed by atoms with E-state index >= 15 is 0 Å². The van der Waals surface area contributed by atoms with Crippen molar-refractivity contribution in [3.63, 3.8) is 0 Å². The summed E-state index contributed by atoms with van der Waals surface area (Å²) in [5, 5.41) is 6.16. The zero-order chi connectivity index (χ0) is 23.8. The average molecular weight is 459 g/mol. The fourth-order valence-corrected chi connectivity index (χ4v) is 4.86. The van der Waals surface area contributed by atoms with E-state index in [0.29, 0.717) is 24.4 Å². The van der Waals surface area contributed by atoms with Gasteiger partial charge < -0.3 is 10.6 Å². The molecule has 0 radical (unpaired) electrons. The van der Waals surface area contributed by atoms with E-state index in [1.807, 2.05) is 42.5 Å². The van der Waals surface area contributed by atoms with Gasteiger partial charge >= 0.3 is 0 Å². The predicted octanol–water partition coefficient (Wildman–Crippen LogP) is 6.26. The first-order valence-corrected chi connectivity index (χ1v) is 12.6. The fraction of sp³-hybridized carbons (Fsp3) is 0.367. The molecular formula is C30H35FN2O. The van der Waals surface area contributed by atoms with Gasteiger partial charge in [-0.15, -0.1) is 0 Å². The van der Waals surface area contributed by atoms with Crippen LogP contribution in [0, 0.1) is 0 Å². The number of amides is 1. The monoisotopic (exact) mass is 458 g/mol. The lowest BCUT2D eigenvalue weighted by molar-refractivity contribution is 0.0888. The molecule has 0 bridgehead atoms. The van der Waals surface area contributed by atoms with Crippen molar-refractivity contribution in [1.29, 1.82) is 0 Å². The molecule has 1 amide bonds. The molecule has 2 N–H and O–H groups in total.